The molecule has 0 saturated heterocycles. The van der Waals surface area contributed by atoms with Crippen LogP contribution in [0.25, 0.3) is 0 Å². The SMILES string of the molecule is CNC[Si](C)(O[Si](C)(C)C)O[Si](C)(C)O[Si](C)(C)C. The van der Waals surface area contributed by atoms with Gasteiger partial charge in [0, 0.05) is 6.17 Å². The first-order chi connectivity index (χ1) is 8.18. The van der Waals surface area contributed by atoms with Gasteiger partial charge in [0.1, 0.15) is 0 Å². The van der Waals surface area contributed by atoms with Gasteiger partial charge in [0.15, 0.2) is 16.6 Å². The van der Waals surface area contributed by atoms with E-state index in [9.17, 15) is 0 Å². The molecule has 19 heavy (non-hydrogen) atoms. The van der Waals surface area contributed by atoms with Gasteiger partial charge in [-0.25, -0.2) is 0 Å². The van der Waals surface area contributed by atoms with Crippen molar-refractivity contribution in [3.05, 3.63) is 0 Å². The van der Waals surface area contributed by atoms with Crippen LogP contribution >= 0.6 is 0 Å². The summed E-state index contributed by atoms with van der Waals surface area (Å²) in [4.78, 5) is 0. The molecule has 0 aromatic carbocycles. The number of hydrogen-bond donors (Lipinski definition) is 1. The van der Waals surface area contributed by atoms with Crippen molar-refractivity contribution in [3.8, 4) is 0 Å². The van der Waals surface area contributed by atoms with Gasteiger partial charge in [-0.3, -0.25) is 0 Å². The van der Waals surface area contributed by atoms with Gasteiger partial charge in [-0.1, -0.05) is 0 Å². The van der Waals surface area contributed by atoms with Gasteiger partial charge in [-0.15, -0.1) is 0 Å². The Morgan fingerprint density at radius 2 is 1.11 bits per heavy atom. The summed E-state index contributed by atoms with van der Waals surface area (Å²) in [5, 5.41) is 3.23. The van der Waals surface area contributed by atoms with Crippen LogP contribution < -0.4 is 5.32 Å². The van der Waals surface area contributed by atoms with Gasteiger partial charge in [-0.2, -0.15) is 0 Å². The molecular weight excluding hydrogens is 306 g/mol. The molecule has 0 aliphatic rings. The summed E-state index contributed by atoms with van der Waals surface area (Å²) >= 11 is 0. The smallest absolute Gasteiger partial charge is 0.330 e. The predicted molar refractivity (Wildman–Crippen MR) is 93.0 cm³/mol. The van der Waals surface area contributed by atoms with Crippen LogP contribution in [0.3, 0.4) is 0 Å². The van der Waals surface area contributed by atoms with Crippen LogP contribution in [0.5, 0.6) is 0 Å². The van der Waals surface area contributed by atoms with E-state index in [-0.39, 0.29) is 0 Å². The third kappa shape index (κ3) is 10.1. The van der Waals surface area contributed by atoms with E-state index in [0.717, 1.165) is 6.17 Å². The van der Waals surface area contributed by atoms with E-state index in [0.29, 0.717) is 0 Å². The van der Waals surface area contributed by atoms with Gasteiger partial charge in [0.25, 0.3) is 0 Å². The van der Waals surface area contributed by atoms with Gasteiger partial charge in [0.2, 0.25) is 0 Å². The first kappa shape index (κ1) is 19.7. The van der Waals surface area contributed by atoms with Crippen LogP contribution in [-0.2, 0) is 12.3 Å². The van der Waals surface area contributed by atoms with E-state index in [2.05, 4.69) is 64.2 Å². The standard InChI is InChI=1S/C11H33NO3Si4/c1-12-11-19(10,14-17(5,6)7)15-18(8,9)13-16(2,3)4/h12H,11H2,1-10H3. The quantitative estimate of drug-likeness (QED) is 0.689. The summed E-state index contributed by atoms with van der Waals surface area (Å²) in [5.41, 5.74) is 0. The van der Waals surface area contributed by atoms with Crippen molar-refractivity contribution in [2.24, 2.45) is 0 Å². The van der Waals surface area contributed by atoms with E-state index in [4.69, 9.17) is 12.3 Å². The molecule has 0 aliphatic heterocycles. The summed E-state index contributed by atoms with van der Waals surface area (Å²) in [7, 11) is -5.58. The van der Waals surface area contributed by atoms with Gasteiger partial charge in [0.05, 0.1) is 0 Å². The fraction of sp³-hybridized carbons (Fsp3) is 1.00. The predicted octanol–water partition coefficient (Wildman–Crippen LogP) is 3.24. The third-order valence-corrected chi connectivity index (χ3v) is 15.3. The Morgan fingerprint density at radius 1 is 0.684 bits per heavy atom. The zero-order valence-electron chi connectivity index (χ0n) is 14.4. The van der Waals surface area contributed by atoms with E-state index >= 15 is 0 Å². The summed E-state index contributed by atoms with van der Waals surface area (Å²) in [6, 6.07) is 0. The Morgan fingerprint density at radius 3 is 1.42 bits per heavy atom. The van der Waals surface area contributed by atoms with E-state index in [1.165, 1.54) is 0 Å². The monoisotopic (exact) mass is 339 g/mol. The molecule has 0 bridgehead atoms. The average Bonchev–Trinajstić information content (AvgIpc) is 1.90. The van der Waals surface area contributed by atoms with Crippen molar-refractivity contribution < 1.29 is 12.3 Å². The first-order valence-electron chi connectivity index (χ1n) is 6.93. The van der Waals surface area contributed by atoms with E-state index in [1.807, 2.05) is 7.05 Å². The lowest BCUT2D eigenvalue weighted by Crippen LogP contribution is -2.60. The lowest BCUT2D eigenvalue weighted by atomic mass is 11.3. The van der Waals surface area contributed by atoms with Crippen LogP contribution in [0.15, 0.2) is 0 Å². The van der Waals surface area contributed by atoms with Crippen molar-refractivity contribution in [2.45, 2.75) is 58.9 Å². The Kier molecular flexibility index (Phi) is 6.89. The van der Waals surface area contributed by atoms with Crippen molar-refractivity contribution >= 4 is 33.8 Å². The summed E-state index contributed by atoms with van der Waals surface area (Å²) in [6.45, 7) is 19.7. The highest BCUT2D eigenvalue weighted by Crippen LogP contribution is 2.23. The largest absolute Gasteiger partial charge is 0.437 e. The molecule has 8 heteroatoms. The molecular formula is C11H33NO3Si4. The topological polar surface area (TPSA) is 39.7 Å². The van der Waals surface area contributed by atoms with Crippen LogP contribution in [-0.4, -0.2) is 47.0 Å². The van der Waals surface area contributed by atoms with Gasteiger partial charge < -0.3 is 17.7 Å². The number of rotatable bonds is 8. The molecule has 0 rings (SSSR count). The normalized spacial score (nSPS) is 17.4. The van der Waals surface area contributed by atoms with Gasteiger partial charge >= 0.3 is 17.1 Å². The second-order valence-electron chi connectivity index (χ2n) is 7.59. The van der Waals surface area contributed by atoms with Gasteiger partial charge in [-0.05, 0) is 66.0 Å². The van der Waals surface area contributed by atoms with Crippen LogP contribution in [0.4, 0.5) is 0 Å². The second kappa shape index (κ2) is 6.65. The molecule has 1 N–H and O–H groups in total. The first-order valence-corrected chi connectivity index (χ1v) is 19.1. The minimum Gasteiger partial charge on any atom is -0.437 e. The Balaban J connectivity index is 4.91. The molecule has 0 fully saturated rings. The summed E-state index contributed by atoms with van der Waals surface area (Å²) < 4.78 is 19.1. The molecule has 1 atom stereocenters. The lowest BCUT2D eigenvalue weighted by Gasteiger charge is -2.41. The molecule has 1 unspecified atom stereocenters. The third-order valence-electron chi connectivity index (χ3n) is 2.03. The minimum absolute atomic E-state index is 0.808. The lowest BCUT2D eigenvalue weighted by molar-refractivity contribution is 0.322. The zero-order valence-corrected chi connectivity index (χ0v) is 18.4. The van der Waals surface area contributed by atoms with Crippen LogP contribution in [0.2, 0.25) is 58.9 Å². The molecule has 0 amide bonds. The highest BCUT2D eigenvalue weighted by atomic mass is 28.5. The fourth-order valence-corrected chi connectivity index (χ4v) is 19.9. The van der Waals surface area contributed by atoms with Crippen molar-refractivity contribution in [1.82, 2.24) is 5.32 Å². The van der Waals surface area contributed by atoms with E-state index in [1.54, 1.807) is 0 Å². The Hall–Kier alpha value is 0.708. The van der Waals surface area contributed by atoms with Crippen LogP contribution in [0.1, 0.15) is 0 Å². The second-order valence-corrected chi connectivity index (χ2v) is 23.9. The number of hydrogen-bond acceptors (Lipinski definition) is 4. The van der Waals surface area contributed by atoms with Crippen molar-refractivity contribution in [1.29, 1.82) is 0 Å². The zero-order chi connectivity index (χ0) is 15.5. The number of nitrogens with one attached hydrogen (secondary N) is 1. The fourth-order valence-electron chi connectivity index (χ4n) is 2.34. The molecule has 0 heterocycles. The molecule has 4 nitrogen and oxygen atoms in total. The molecule has 0 aliphatic carbocycles. The molecule has 0 radical (unpaired) electrons. The Bertz CT molecular complexity index is 289. The summed E-state index contributed by atoms with van der Waals surface area (Å²) in [5.74, 6) is 0. The van der Waals surface area contributed by atoms with Crippen molar-refractivity contribution in [2.75, 3.05) is 13.2 Å². The van der Waals surface area contributed by atoms with Crippen LogP contribution in [0, 0.1) is 0 Å². The maximum Gasteiger partial charge on any atom is 0.330 e. The van der Waals surface area contributed by atoms with Crippen molar-refractivity contribution in [3.63, 3.8) is 0 Å². The highest BCUT2D eigenvalue weighted by Gasteiger charge is 2.44. The summed E-state index contributed by atoms with van der Waals surface area (Å²) in [6.07, 6.45) is 0.808. The molecule has 0 aromatic heterocycles. The molecule has 0 saturated carbocycles. The molecule has 0 spiro atoms. The maximum atomic E-state index is 6.46. The minimum atomic E-state index is -2.21. The molecule has 0 aromatic rings. The Labute approximate surface area is 124 Å². The average molecular weight is 340 g/mol. The van der Waals surface area contributed by atoms with E-state index < -0.39 is 33.8 Å². The highest BCUT2D eigenvalue weighted by molar-refractivity contribution is 6.89. The maximum absolute atomic E-state index is 6.46. The molecule has 116 valence electrons.